The molecule has 2 rings (SSSR count). The normalized spacial score (nSPS) is 9.83. The number of carbonyl (C=O) groups excluding carboxylic acids is 1. The van der Waals surface area contributed by atoms with Gasteiger partial charge in [0.2, 0.25) is 0 Å². The topological polar surface area (TPSA) is 71.3 Å². The number of nitrogens with one attached hydrogen (secondary N) is 1. The van der Waals surface area contributed by atoms with Crippen LogP contribution in [0.25, 0.3) is 0 Å². The van der Waals surface area contributed by atoms with Gasteiger partial charge >= 0.3 is 0 Å². The Morgan fingerprint density at radius 3 is 2.70 bits per heavy atom. The van der Waals surface area contributed by atoms with E-state index in [2.05, 4.69) is 5.32 Å². The second-order valence-corrected chi connectivity index (χ2v) is 5.19. The first kappa shape index (κ1) is 16.7. The van der Waals surface area contributed by atoms with Crippen LogP contribution in [0.3, 0.4) is 0 Å². The van der Waals surface area contributed by atoms with Gasteiger partial charge in [-0.05, 0) is 36.8 Å². The van der Waals surface area contributed by atoms with Crippen molar-refractivity contribution in [3.63, 3.8) is 0 Å². The smallest absolute Gasteiger partial charge is 0.262 e. The van der Waals surface area contributed by atoms with Crippen LogP contribution in [0.1, 0.15) is 11.1 Å². The number of benzene rings is 2. The van der Waals surface area contributed by atoms with E-state index in [0.29, 0.717) is 27.8 Å². The lowest BCUT2D eigenvalue weighted by molar-refractivity contribution is -0.118. The van der Waals surface area contributed by atoms with Gasteiger partial charge in [0.1, 0.15) is 0 Å². The molecule has 1 amide bonds. The van der Waals surface area contributed by atoms with E-state index in [0.717, 1.165) is 5.56 Å². The summed E-state index contributed by atoms with van der Waals surface area (Å²) < 4.78 is 10.6. The Morgan fingerprint density at radius 2 is 2.04 bits per heavy atom. The van der Waals surface area contributed by atoms with Gasteiger partial charge in [0, 0.05) is 16.8 Å². The maximum atomic E-state index is 11.9. The first-order chi connectivity index (χ1) is 11.0. The molecule has 118 valence electrons. The summed E-state index contributed by atoms with van der Waals surface area (Å²) in [5.74, 6) is 0.468. The zero-order valence-corrected chi connectivity index (χ0v) is 13.5. The second-order valence-electron chi connectivity index (χ2n) is 4.78. The van der Waals surface area contributed by atoms with Gasteiger partial charge in [-0.2, -0.15) is 5.26 Å². The molecule has 0 aliphatic carbocycles. The summed E-state index contributed by atoms with van der Waals surface area (Å²) >= 11 is 6.01. The minimum absolute atomic E-state index is 0.187. The van der Waals surface area contributed by atoms with E-state index >= 15 is 0 Å². The van der Waals surface area contributed by atoms with E-state index in [1.807, 2.05) is 19.1 Å². The summed E-state index contributed by atoms with van der Waals surface area (Å²) in [4.78, 5) is 11.9. The van der Waals surface area contributed by atoms with Crippen molar-refractivity contribution in [2.75, 3.05) is 19.0 Å². The molecule has 0 aliphatic rings. The number of methoxy groups -OCH3 is 1. The molecule has 0 spiro atoms. The van der Waals surface area contributed by atoms with Crippen molar-refractivity contribution in [3.05, 3.63) is 52.5 Å². The maximum absolute atomic E-state index is 11.9. The van der Waals surface area contributed by atoms with E-state index < -0.39 is 0 Å². The lowest BCUT2D eigenvalue weighted by atomic mass is 10.2. The Balaban J connectivity index is 1.99. The summed E-state index contributed by atoms with van der Waals surface area (Å²) in [7, 11) is 1.47. The minimum Gasteiger partial charge on any atom is -0.493 e. The van der Waals surface area contributed by atoms with Crippen LogP contribution in [0, 0.1) is 18.3 Å². The number of rotatable bonds is 5. The Labute approximate surface area is 139 Å². The molecule has 0 aliphatic heterocycles. The third kappa shape index (κ3) is 4.38. The fraction of sp³-hybridized carbons (Fsp3) is 0.176. The number of amides is 1. The number of nitriles is 1. The van der Waals surface area contributed by atoms with Gasteiger partial charge in [0.05, 0.1) is 18.7 Å². The largest absolute Gasteiger partial charge is 0.493 e. The molecule has 6 heteroatoms. The molecule has 5 nitrogen and oxygen atoms in total. The van der Waals surface area contributed by atoms with Gasteiger partial charge in [-0.15, -0.1) is 0 Å². The molecule has 0 radical (unpaired) electrons. The van der Waals surface area contributed by atoms with Gasteiger partial charge in [0.15, 0.2) is 18.1 Å². The van der Waals surface area contributed by atoms with E-state index in [4.69, 9.17) is 26.3 Å². The first-order valence-corrected chi connectivity index (χ1v) is 7.18. The Hall–Kier alpha value is -2.71. The first-order valence-electron chi connectivity index (χ1n) is 6.80. The average Bonchev–Trinajstić information content (AvgIpc) is 2.56. The minimum atomic E-state index is -0.323. The van der Waals surface area contributed by atoms with Crippen LogP contribution in [0.4, 0.5) is 5.69 Å². The lowest BCUT2D eigenvalue weighted by Gasteiger charge is -2.11. The highest BCUT2D eigenvalue weighted by molar-refractivity contribution is 6.31. The van der Waals surface area contributed by atoms with Gasteiger partial charge in [-0.1, -0.05) is 17.7 Å². The van der Waals surface area contributed by atoms with Crippen molar-refractivity contribution in [2.24, 2.45) is 0 Å². The number of ether oxygens (including phenoxy) is 2. The Morgan fingerprint density at radius 1 is 1.26 bits per heavy atom. The predicted molar refractivity (Wildman–Crippen MR) is 88.0 cm³/mol. The van der Waals surface area contributed by atoms with Crippen molar-refractivity contribution in [1.82, 2.24) is 0 Å². The van der Waals surface area contributed by atoms with Crippen LogP contribution in [0.5, 0.6) is 11.5 Å². The van der Waals surface area contributed by atoms with Crippen LogP contribution in [-0.2, 0) is 4.79 Å². The van der Waals surface area contributed by atoms with Crippen molar-refractivity contribution in [3.8, 4) is 17.6 Å². The summed E-state index contributed by atoms with van der Waals surface area (Å²) in [5, 5.41) is 12.1. The Kier molecular flexibility index (Phi) is 5.45. The molecule has 1 N–H and O–H groups in total. The highest BCUT2D eigenvalue weighted by atomic mass is 35.5. The van der Waals surface area contributed by atoms with Crippen LogP contribution in [0.2, 0.25) is 5.02 Å². The van der Waals surface area contributed by atoms with Crippen LogP contribution >= 0.6 is 11.6 Å². The molecule has 0 unspecified atom stereocenters. The summed E-state index contributed by atoms with van der Waals surface area (Å²) in [6.45, 7) is 1.70. The number of hydrogen-bond acceptors (Lipinski definition) is 4. The number of hydrogen-bond donors (Lipinski definition) is 1. The number of aryl methyl sites for hydroxylation is 1. The zero-order valence-electron chi connectivity index (χ0n) is 12.7. The molecule has 0 bridgehead atoms. The van der Waals surface area contributed by atoms with Gasteiger partial charge < -0.3 is 14.8 Å². The SMILES string of the molecule is COc1cc(C#N)ccc1OCC(=O)Nc1ccc(C)c(Cl)c1. The molecular weight excluding hydrogens is 316 g/mol. The number of carbonyl (C=O) groups is 1. The predicted octanol–water partition coefficient (Wildman–Crippen LogP) is 3.55. The van der Waals surface area contributed by atoms with Crippen molar-refractivity contribution < 1.29 is 14.3 Å². The highest BCUT2D eigenvalue weighted by Gasteiger charge is 2.09. The summed E-state index contributed by atoms with van der Waals surface area (Å²) in [6.07, 6.45) is 0. The van der Waals surface area contributed by atoms with Crippen molar-refractivity contribution in [1.29, 1.82) is 5.26 Å². The van der Waals surface area contributed by atoms with Gasteiger partial charge in [0.25, 0.3) is 5.91 Å². The molecule has 0 saturated carbocycles. The number of nitrogens with zero attached hydrogens (tertiary/aromatic N) is 1. The fourth-order valence-corrected chi connectivity index (χ4v) is 2.05. The molecule has 2 aromatic carbocycles. The molecule has 2 aromatic rings. The van der Waals surface area contributed by atoms with Gasteiger partial charge in [-0.25, -0.2) is 0 Å². The van der Waals surface area contributed by atoms with Crippen LogP contribution in [0.15, 0.2) is 36.4 Å². The van der Waals surface area contributed by atoms with E-state index in [1.54, 1.807) is 30.3 Å². The average molecular weight is 331 g/mol. The zero-order chi connectivity index (χ0) is 16.8. The summed E-state index contributed by atoms with van der Waals surface area (Å²) in [5.41, 5.74) is 1.98. The molecule has 23 heavy (non-hydrogen) atoms. The number of halogens is 1. The molecule has 0 atom stereocenters. The molecule has 0 heterocycles. The Bertz CT molecular complexity index is 769. The monoisotopic (exact) mass is 330 g/mol. The third-order valence-electron chi connectivity index (χ3n) is 3.11. The molecular formula is C17H15ClN2O3. The number of anilines is 1. The lowest BCUT2D eigenvalue weighted by Crippen LogP contribution is -2.20. The standard InChI is InChI=1S/C17H15ClN2O3/c1-11-3-5-13(8-14(11)18)20-17(21)10-23-15-6-4-12(9-19)7-16(15)22-2/h3-8H,10H2,1-2H3,(H,20,21). The fourth-order valence-electron chi connectivity index (χ4n) is 1.87. The van der Waals surface area contributed by atoms with Crippen LogP contribution in [-0.4, -0.2) is 19.6 Å². The highest BCUT2D eigenvalue weighted by Crippen LogP contribution is 2.27. The van der Waals surface area contributed by atoms with Crippen LogP contribution < -0.4 is 14.8 Å². The maximum Gasteiger partial charge on any atom is 0.262 e. The molecule has 0 saturated heterocycles. The van der Waals surface area contributed by atoms with E-state index in [-0.39, 0.29) is 12.5 Å². The van der Waals surface area contributed by atoms with E-state index in [9.17, 15) is 4.79 Å². The summed E-state index contributed by atoms with van der Waals surface area (Å²) in [6, 6.07) is 12.0. The van der Waals surface area contributed by atoms with Gasteiger partial charge in [-0.3, -0.25) is 4.79 Å². The van der Waals surface area contributed by atoms with E-state index in [1.165, 1.54) is 7.11 Å². The third-order valence-corrected chi connectivity index (χ3v) is 3.51. The molecule has 0 aromatic heterocycles. The molecule has 0 fully saturated rings. The van der Waals surface area contributed by atoms with Crippen molar-refractivity contribution >= 4 is 23.2 Å². The van der Waals surface area contributed by atoms with Crippen molar-refractivity contribution in [2.45, 2.75) is 6.92 Å². The quantitative estimate of drug-likeness (QED) is 0.910. The second kappa shape index (κ2) is 7.52.